The van der Waals surface area contributed by atoms with E-state index in [1.807, 2.05) is 6.92 Å². The van der Waals surface area contributed by atoms with Gasteiger partial charge in [0, 0.05) is 25.1 Å². The van der Waals surface area contributed by atoms with Crippen LogP contribution in [-0.2, 0) is 9.59 Å². The molecule has 108 valence electrons. The molecule has 6 heteroatoms. The number of carbonyl (C=O) groups excluding carboxylic acids is 2. The van der Waals surface area contributed by atoms with Crippen LogP contribution in [0.2, 0.25) is 0 Å². The predicted octanol–water partition coefficient (Wildman–Crippen LogP) is 1.93. The number of hydrogen-bond donors (Lipinski definition) is 1. The molecule has 0 aromatic heterocycles. The summed E-state index contributed by atoms with van der Waals surface area (Å²) in [5, 5.41) is 2.36. The van der Waals surface area contributed by atoms with Gasteiger partial charge in [0.1, 0.15) is 11.2 Å². The fraction of sp³-hybridized carbons (Fsp3) is 0.429. The Kier molecular flexibility index (Phi) is 5.00. The van der Waals surface area contributed by atoms with Crippen molar-refractivity contribution in [3.8, 4) is 0 Å². The van der Waals surface area contributed by atoms with Crippen LogP contribution in [0.4, 0.5) is 4.39 Å². The van der Waals surface area contributed by atoms with E-state index in [4.69, 9.17) is 0 Å². The normalized spacial score (nSPS) is 18.4. The first kappa shape index (κ1) is 14.8. The smallest absolute Gasteiger partial charge is 0.233 e. The van der Waals surface area contributed by atoms with E-state index >= 15 is 0 Å². The fourth-order valence-corrected chi connectivity index (χ4v) is 3.38. The molecule has 20 heavy (non-hydrogen) atoms. The average Bonchev–Trinajstić information content (AvgIpc) is 2.78. The largest absolute Gasteiger partial charge is 0.356 e. The molecule has 0 bridgehead atoms. The van der Waals surface area contributed by atoms with Crippen LogP contribution in [0.25, 0.3) is 0 Å². The number of carbonyl (C=O) groups is 2. The Balaban J connectivity index is 2.07. The van der Waals surface area contributed by atoms with E-state index in [-0.39, 0.29) is 29.4 Å². The van der Waals surface area contributed by atoms with Crippen LogP contribution in [-0.4, -0.2) is 35.6 Å². The third-order valence-electron chi connectivity index (χ3n) is 3.09. The van der Waals surface area contributed by atoms with Gasteiger partial charge in [0.15, 0.2) is 0 Å². The summed E-state index contributed by atoms with van der Waals surface area (Å²) in [4.78, 5) is 25.0. The number of benzene rings is 1. The molecule has 1 aliphatic rings. The first-order chi connectivity index (χ1) is 9.63. The maximum Gasteiger partial charge on any atom is 0.233 e. The van der Waals surface area contributed by atoms with Gasteiger partial charge in [0.2, 0.25) is 11.8 Å². The van der Waals surface area contributed by atoms with E-state index in [2.05, 4.69) is 5.32 Å². The Labute approximate surface area is 121 Å². The molecule has 1 fully saturated rings. The summed E-state index contributed by atoms with van der Waals surface area (Å²) >= 11 is 1.40. The van der Waals surface area contributed by atoms with Gasteiger partial charge in [-0.15, -0.1) is 11.8 Å². The summed E-state index contributed by atoms with van der Waals surface area (Å²) in [5.41, 5.74) is 0.499. The zero-order valence-corrected chi connectivity index (χ0v) is 12.1. The zero-order chi connectivity index (χ0) is 14.5. The Morgan fingerprint density at radius 1 is 1.50 bits per heavy atom. The lowest BCUT2D eigenvalue weighted by Gasteiger charge is -2.24. The second kappa shape index (κ2) is 6.74. The van der Waals surface area contributed by atoms with E-state index in [9.17, 15) is 14.0 Å². The quantitative estimate of drug-likeness (QED) is 0.903. The molecular weight excluding hydrogens is 279 g/mol. The van der Waals surface area contributed by atoms with E-state index in [0.29, 0.717) is 24.4 Å². The van der Waals surface area contributed by atoms with E-state index in [0.717, 1.165) is 0 Å². The number of hydrogen-bond acceptors (Lipinski definition) is 3. The first-order valence-electron chi connectivity index (χ1n) is 6.55. The van der Waals surface area contributed by atoms with Crippen LogP contribution in [0.5, 0.6) is 0 Å². The molecule has 0 aliphatic carbocycles. The number of nitrogens with one attached hydrogen (secondary N) is 1. The van der Waals surface area contributed by atoms with Crippen LogP contribution < -0.4 is 5.32 Å². The highest BCUT2D eigenvalue weighted by molar-refractivity contribution is 8.00. The van der Waals surface area contributed by atoms with Crippen LogP contribution >= 0.6 is 11.8 Å². The molecule has 4 nitrogen and oxygen atoms in total. The van der Waals surface area contributed by atoms with Gasteiger partial charge in [-0.05, 0) is 13.0 Å². The lowest BCUT2D eigenvalue weighted by Crippen LogP contribution is -2.33. The summed E-state index contributed by atoms with van der Waals surface area (Å²) in [6.45, 7) is 2.73. The molecule has 1 saturated heterocycles. The lowest BCUT2D eigenvalue weighted by molar-refractivity contribution is -0.129. The molecule has 2 amide bonds. The highest BCUT2D eigenvalue weighted by Gasteiger charge is 2.34. The Hall–Kier alpha value is -1.56. The van der Waals surface area contributed by atoms with Crippen molar-refractivity contribution in [1.82, 2.24) is 10.2 Å². The topological polar surface area (TPSA) is 49.4 Å². The van der Waals surface area contributed by atoms with Crippen LogP contribution in [0.3, 0.4) is 0 Å². The van der Waals surface area contributed by atoms with Gasteiger partial charge >= 0.3 is 0 Å². The molecule has 0 radical (unpaired) electrons. The number of rotatable bonds is 5. The molecule has 1 heterocycles. The minimum absolute atomic E-state index is 0.0486. The maximum absolute atomic E-state index is 13.8. The average molecular weight is 296 g/mol. The summed E-state index contributed by atoms with van der Waals surface area (Å²) < 4.78 is 13.8. The number of thioether (sulfide) groups is 1. The van der Waals surface area contributed by atoms with Gasteiger partial charge in [-0.3, -0.25) is 9.59 Å². The molecule has 1 atom stereocenters. The number of halogens is 1. The molecule has 2 rings (SSSR count). The van der Waals surface area contributed by atoms with Crippen molar-refractivity contribution in [2.75, 3.05) is 18.8 Å². The molecule has 1 aromatic carbocycles. The molecule has 1 aromatic rings. The molecule has 0 unspecified atom stereocenters. The maximum atomic E-state index is 13.8. The standard InChI is InChI=1S/C14H17FN2O2S/c1-2-16-12(18)7-8-17-13(19)9-20-14(17)10-5-3-4-6-11(10)15/h3-6,14H,2,7-9H2,1H3,(H,16,18)/t14-/m0/s1. The fourth-order valence-electron chi connectivity index (χ4n) is 2.14. The van der Waals surface area contributed by atoms with E-state index < -0.39 is 0 Å². The zero-order valence-electron chi connectivity index (χ0n) is 11.3. The predicted molar refractivity (Wildman–Crippen MR) is 76.6 cm³/mol. The minimum Gasteiger partial charge on any atom is -0.356 e. The van der Waals surface area contributed by atoms with Crippen molar-refractivity contribution in [3.63, 3.8) is 0 Å². The highest BCUT2D eigenvalue weighted by Crippen LogP contribution is 2.39. The van der Waals surface area contributed by atoms with Crippen LogP contribution in [0.15, 0.2) is 24.3 Å². The van der Waals surface area contributed by atoms with Gasteiger partial charge in [-0.25, -0.2) is 4.39 Å². The first-order valence-corrected chi connectivity index (χ1v) is 7.60. The summed E-state index contributed by atoms with van der Waals surface area (Å²) in [7, 11) is 0. The van der Waals surface area contributed by atoms with Crippen molar-refractivity contribution in [3.05, 3.63) is 35.6 Å². The van der Waals surface area contributed by atoms with Crippen molar-refractivity contribution in [2.24, 2.45) is 0 Å². The third-order valence-corrected chi connectivity index (χ3v) is 4.33. The molecule has 1 N–H and O–H groups in total. The van der Waals surface area contributed by atoms with Gasteiger partial charge in [-0.1, -0.05) is 18.2 Å². The summed E-state index contributed by atoms with van der Waals surface area (Å²) in [6, 6.07) is 6.45. The van der Waals surface area contributed by atoms with Crippen molar-refractivity contribution >= 4 is 23.6 Å². The Morgan fingerprint density at radius 3 is 2.95 bits per heavy atom. The highest BCUT2D eigenvalue weighted by atomic mass is 32.2. The molecular formula is C14H17FN2O2S. The third kappa shape index (κ3) is 3.30. The Bertz CT molecular complexity index is 510. The summed E-state index contributed by atoms with van der Waals surface area (Å²) in [6.07, 6.45) is 0.241. The van der Waals surface area contributed by atoms with Crippen molar-refractivity contribution in [1.29, 1.82) is 0 Å². The molecule has 1 aliphatic heterocycles. The number of nitrogens with zero attached hydrogens (tertiary/aromatic N) is 1. The number of amides is 2. The second-order valence-corrected chi connectivity index (χ2v) is 5.54. The van der Waals surface area contributed by atoms with E-state index in [1.54, 1.807) is 23.1 Å². The SMILES string of the molecule is CCNC(=O)CCN1C(=O)CS[C@H]1c1ccccc1F. The monoisotopic (exact) mass is 296 g/mol. The van der Waals surface area contributed by atoms with E-state index in [1.165, 1.54) is 17.8 Å². The van der Waals surface area contributed by atoms with Gasteiger partial charge in [0.05, 0.1) is 5.75 Å². The lowest BCUT2D eigenvalue weighted by atomic mass is 10.2. The van der Waals surface area contributed by atoms with Crippen molar-refractivity contribution < 1.29 is 14.0 Å². The molecule has 0 spiro atoms. The summed E-state index contributed by atoms with van der Waals surface area (Å²) in [5.74, 6) is -0.131. The van der Waals surface area contributed by atoms with Crippen LogP contribution in [0, 0.1) is 5.82 Å². The minimum atomic E-state index is -0.335. The van der Waals surface area contributed by atoms with Gasteiger partial charge < -0.3 is 10.2 Å². The molecule has 0 saturated carbocycles. The second-order valence-electron chi connectivity index (χ2n) is 4.48. The van der Waals surface area contributed by atoms with Gasteiger partial charge in [0.25, 0.3) is 0 Å². The van der Waals surface area contributed by atoms with Gasteiger partial charge in [-0.2, -0.15) is 0 Å². The Morgan fingerprint density at radius 2 is 2.25 bits per heavy atom. The van der Waals surface area contributed by atoms with Crippen molar-refractivity contribution in [2.45, 2.75) is 18.7 Å². The van der Waals surface area contributed by atoms with Crippen LogP contribution in [0.1, 0.15) is 24.3 Å².